The predicted molar refractivity (Wildman–Crippen MR) is 113 cm³/mol. The average Bonchev–Trinajstić information content (AvgIpc) is 3.04. The Morgan fingerprint density at radius 2 is 1.70 bits per heavy atom. The van der Waals surface area contributed by atoms with Gasteiger partial charge in [-0.25, -0.2) is 8.42 Å². The molecular weight excluding hydrogens is 406 g/mol. The van der Waals surface area contributed by atoms with Gasteiger partial charge in [0.15, 0.2) is 0 Å². The normalized spacial score (nSPS) is 18.6. The lowest BCUT2D eigenvalue weighted by atomic mass is 10.1. The number of aryl methyl sites for hydroxylation is 1. The largest absolute Gasteiger partial charge is 0.379 e. The maximum Gasteiger partial charge on any atom is 0.251 e. The van der Waals surface area contributed by atoms with Gasteiger partial charge in [0.25, 0.3) is 5.91 Å². The Labute approximate surface area is 178 Å². The van der Waals surface area contributed by atoms with Gasteiger partial charge in [0.2, 0.25) is 15.9 Å². The molecule has 0 radical (unpaired) electrons. The molecule has 1 aromatic rings. The predicted octanol–water partition coefficient (Wildman–Crippen LogP) is 1.54. The SMILES string of the molecule is Cc1ccc(C(=O)NCCC(=O)N2CCCCCC2)cc1S(=O)(=O)N1CCOCC1. The summed E-state index contributed by atoms with van der Waals surface area (Å²) < 4.78 is 32.6. The Bertz CT molecular complexity index is 857. The highest BCUT2D eigenvalue weighted by atomic mass is 32.2. The molecule has 0 saturated carbocycles. The Morgan fingerprint density at radius 3 is 2.37 bits per heavy atom. The van der Waals surface area contributed by atoms with Gasteiger partial charge in [0.1, 0.15) is 0 Å². The number of carbonyl (C=O) groups is 2. The Hall–Kier alpha value is -1.97. The van der Waals surface area contributed by atoms with Crippen LogP contribution in [0.5, 0.6) is 0 Å². The van der Waals surface area contributed by atoms with Gasteiger partial charge in [-0.2, -0.15) is 4.31 Å². The molecule has 30 heavy (non-hydrogen) atoms. The van der Waals surface area contributed by atoms with E-state index in [1.807, 2.05) is 4.90 Å². The van der Waals surface area contributed by atoms with Crippen LogP contribution in [0.4, 0.5) is 0 Å². The van der Waals surface area contributed by atoms with E-state index in [1.54, 1.807) is 19.1 Å². The molecule has 2 amide bonds. The van der Waals surface area contributed by atoms with Gasteiger partial charge in [-0.3, -0.25) is 9.59 Å². The second-order valence-electron chi connectivity index (χ2n) is 7.80. The second kappa shape index (κ2) is 10.4. The maximum absolute atomic E-state index is 13.0. The summed E-state index contributed by atoms with van der Waals surface area (Å²) in [5.74, 6) is -0.325. The fraction of sp³-hybridized carbons (Fsp3) is 0.619. The minimum atomic E-state index is -3.69. The van der Waals surface area contributed by atoms with Crippen LogP contribution in [-0.2, 0) is 19.6 Å². The monoisotopic (exact) mass is 437 g/mol. The van der Waals surface area contributed by atoms with Crippen molar-refractivity contribution in [3.05, 3.63) is 29.3 Å². The molecule has 1 aromatic carbocycles. The van der Waals surface area contributed by atoms with Gasteiger partial charge >= 0.3 is 0 Å². The summed E-state index contributed by atoms with van der Waals surface area (Å²) in [6, 6.07) is 4.68. The van der Waals surface area contributed by atoms with Crippen molar-refractivity contribution >= 4 is 21.8 Å². The summed E-state index contributed by atoms with van der Waals surface area (Å²) in [5.41, 5.74) is 0.865. The Kier molecular flexibility index (Phi) is 7.85. The molecule has 0 aliphatic carbocycles. The molecule has 0 atom stereocenters. The third-order valence-corrected chi connectivity index (χ3v) is 7.66. The number of carbonyl (C=O) groups excluding carboxylic acids is 2. The zero-order valence-corrected chi connectivity index (χ0v) is 18.4. The van der Waals surface area contributed by atoms with Crippen LogP contribution in [0.25, 0.3) is 0 Å². The highest BCUT2D eigenvalue weighted by molar-refractivity contribution is 7.89. The lowest BCUT2D eigenvalue weighted by Crippen LogP contribution is -2.41. The van der Waals surface area contributed by atoms with Gasteiger partial charge in [-0.05, 0) is 37.5 Å². The van der Waals surface area contributed by atoms with Crippen molar-refractivity contribution in [2.45, 2.75) is 43.9 Å². The zero-order chi connectivity index (χ0) is 21.6. The van der Waals surface area contributed by atoms with Crippen molar-refractivity contribution in [2.75, 3.05) is 45.9 Å². The Morgan fingerprint density at radius 1 is 1.03 bits per heavy atom. The van der Waals surface area contributed by atoms with E-state index in [-0.39, 0.29) is 35.2 Å². The summed E-state index contributed by atoms with van der Waals surface area (Å²) in [6.45, 7) is 4.85. The quantitative estimate of drug-likeness (QED) is 0.728. The molecule has 2 aliphatic heterocycles. The van der Waals surface area contributed by atoms with Crippen LogP contribution >= 0.6 is 0 Å². The molecule has 8 nitrogen and oxygen atoms in total. The lowest BCUT2D eigenvalue weighted by Gasteiger charge is -2.26. The summed E-state index contributed by atoms with van der Waals surface area (Å²) in [4.78, 5) is 26.9. The Balaban J connectivity index is 1.61. The number of hydrogen-bond donors (Lipinski definition) is 1. The van der Waals surface area contributed by atoms with E-state index < -0.39 is 10.0 Å². The first-order valence-electron chi connectivity index (χ1n) is 10.6. The van der Waals surface area contributed by atoms with Gasteiger partial charge in [-0.1, -0.05) is 18.9 Å². The summed E-state index contributed by atoms with van der Waals surface area (Å²) in [7, 11) is -3.69. The third-order valence-electron chi connectivity index (χ3n) is 5.62. The topological polar surface area (TPSA) is 96.0 Å². The molecule has 0 bridgehead atoms. The number of nitrogens with one attached hydrogen (secondary N) is 1. The van der Waals surface area contributed by atoms with Crippen LogP contribution in [-0.4, -0.2) is 75.4 Å². The summed E-state index contributed by atoms with van der Waals surface area (Å²) in [5, 5.41) is 2.75. The number of sulfonamides is 1. The number of benzene rings is 1. The van der Waals surface area contributed by atoms with Gasteiger partial charge in [0.05, 0.1) is 18.1 Å². The van der Waals surface area contributed by atoms with Crippen molar-refractivity contribution in [2.24, 2.45) is 0 Å². The first kappa shape index (κ1) is 22.7. The zero-order valence-electron chi connectivity index (χ0n) is 17.6. The first-order chi connectivity index (χ1) is 14.4. The van der Waals surface area contributed by atoms with E-state index in [9.17, 15) is 18.0 Å². The fourth-order valence-corrected chi connectivity index (χ4v) is 5.47. The smallest absolute Gasteiger partial charge is 0.251 e. The molecule has 0 aromatic heterocycles. The van der Waals surface area contributed by atoms with Crippen molar-refractivity contribution < 1.29 is 22.7 Å². The third kappa shape index (κ3) is 5.59. The molecule has 2 saturated heterocycles. The fourth-order valence-electron chi connectivity index (χ4n) is 3.81. The van der Waals surface area contributed by atoms with Crippen molar-refractivity contribution in [1.29, 1.82) is 0 Å². The number of rotatable bonds is 6. The number of amides is 2. The number of morpholine rings is 1. The standard InChI is InChI=1S/C21H31N3O5S/c1-17-6-7-18(16-19(17)30(27,28)24-12-14-29-15-13-24)21(26)22-9-8-20(25)23-10-4-2-3-5-11-23/h6-7,16H,2-5,8-15H2,1H3,(H,22,26). The minimum absolute atomic E-state index is 0.0525. The van der Waals surface area contributed by atoms with Crippen LogP contribution in [0.3, 0.4) is 0 Å². The maximum atomic E-state index is 13.0. The molecule has 2 fully saturated rings. The van der Waals surface area contributed by atoms with Crippen LogP contribution in [0.15, 0.2) is 23.1 Å². The molecule has 9 heteroatoms. The van der Waals surface area contributed by atoms with E-state index in [1.165, 1.54) is 10.4 Å². The number of ether oxygens (including phenoxy) is 1. The van der Waals surface area contributed by atoms with E-state index in [0.717, 1.165) is 38.8 Å². The van der Waals surface area contributed by atoms with Crippen LogP contribution in [0.1, 0.15) is 48.0 Å². The molecule has 2 aliphatic rings. The second-order valence-corrected chi connectivity index (χ2v) is 9.70. The number of likely N-dealkylation sites (tertiary alicyclic amines) is 1. The molecule has 1 N–H and O–H groups in total. The first-order valence-corrected chi connectivity index (χ1v) is 12.1. The van der Waals surface area contributed by atoms with E-state index in [2.05, 4.69) is 5.32 Å². The highest BCUT2D eigenvalue weighted by Crippen LogP contribution is 2.22. The van der Waals surface area contributed by atoms with Crippen molar-refractivity contribution in [3.8, 4) is 0 Å². The van der Waals surface area contributed by atoms with E-state index >= 15 is 0 Å². The lowest BCUT2D eigenvalue weighted by molar-refractivity contribution is -0.131. The van der Waals surface area contributed by atoms with Crippen LogP contribution in [0, 0.1) is 6.92 Å². The van der Waals surface area contributed by atoms with E-state index in [0.29, 0.717) is 31.9 Å². The van der Waals surface area contributed by atoms with Crippen LogP contribution < -0.4 is 5.32 Å². The van der Waals surface area contributed by atoms with Gasteiger partial charge < -0.3 is 15.0 Å². The molecule has 0 spiro atoms. The van der Waals surface area contributed by atoms with Crippen molar-refractivity contribution in [1.82, 2.24) is 14.5 Å². The van der Waals surface area contributed by atoms with Gasteiger partial charge in [-0.15, -0.1) is 0 Å². The molecule has 0 unspecified atom stereocenters. The number of hydrogen-bond acceptors (Lipinski definition) is 5. The highest BCUT2D eigenvalue weighted by Gasteiger charge is 2.28. The van der Waals surface area contributed by atoms with Crippen LogP contribution in [0.2, 0.25) is 0 Å². The minimum Gasteiger partial charge on any atom is -0.379 e. The molecule has 2 heterocycles. The molecule has 3 rings (SSSR count). The van der Waals surface area contributed by atoms with Gasteiger partial charge in [0, 0.05) is 44.7 Å². The van der Waals surface area contributed by atoms with Crippen molar-refractivity contribution in [3.63, 3.8) is 0 Å². The summed E-state index contributed by atoms with van der Waals surface area (Å²) >= 11 is 0. The molecule has 166 valence electrons. The van der Waals surface area contributed by atoms with E-state index in [4.69, 9.17) is 4.74 Å². The summed E-state index contributed by atoms with van der Waals surface area (Å²) in [6.07, 6.45) is 4.62. The number of nitrogens with zero attached hydrogens (tertiary/aromatic N) is 2. The molecular formula is C21H31N3O5S. The average molecular weight is 438 g/mol.